The Morgan fingerprint density at radius 3 is 2.57 bits per heavy atom. The molecule has 2 aromatic rings. The number of thiocarbonyl (C=S) groups is 1. The van der Waals surface area contributed by atoms with E-state index in [1.807, 2.05) is 0 Å². The van der Waals surface area contributed by atoms with Crippen molar-refractivity contribution in [1.29, 1.82) is 0 Å². The van der Waals surface area contributed by atoms with Crippen LogP contribution in [0.2, 0.25) is 5.02 Å². The zero-order chi connectivity index (χ0) is 15.5. The van der Waals surface area contributed by atoms with E-state index in [0.29, 0.717) is 10.6 Å². The lowest BCUT2D eigenvalue weighted by Crippen LogP contribution is -2.26. The zero-order valence-electron chi connectivity index (χ0n) is 10.9. The molecule has 7 heteroatoms. The predicted octanol–water partition coefficient (Wildman–Crippen LogP) is 2.45. The molecule has 0 atom stereocenters. The molecule has 0 bridgehead atoms. The van der Waals surface area contributed by atoms with Crippen LogP contribution in [0.5, 0.6) is 0 Å². The van der Waals surface area contributed by atoms with Crippen LogP contribution in [0.25, 0.3) is 0 Å². The second-order valence-electron chi connectivity index (χ2n) is 4.31. The standard InChI is InChI=1S/C14H13ClN2O2S2/c15-11-5-3-4-10(8-11)9-17-21(18,19)13-7-2-1-6-12(13)14(16)20/h1-8,17H,9H2,(H2,16,20). The Kier molecular flexibility index (Phi) is 4.95. The lowest BCUT2D eigenvalue weighted by atomic mass is 10.2. The number of hydrogen-bond donors (Lipinski definition) is 2. The van der Waals surface area contributed by atoms with Gasteiger partial charge >= 0.3 is 0 Å². The van der Waals surface area contributed by atoms with Gasteiger partial charge in [-0.3, -0.25) is 0 Å². The summed E-state index contributed by atoms with van der Waals surface area (Å²) in [6, 6.07) is 13.3. The van der Waals surface area contributed by atoms with Gasteiger partial charge in [0.1, 0.15) is 4.99 Å². The van der Waals surface area contributed by atoms with Crippen LogP contribution in [0.1, 0.15) is 11.1 Å². The maximum atomic E-state index is 12.4. The molecule has 4 nitrogen and oxygen atoms in total. The lowest BCUT2D eigenvalue weighted by molar-refractivity contribution is 0.581. The van der Waals surface area contributed by atoms with Crippen molar-refractivity contribution >= 4 is 38.8 Å². The molecule has 2 aromatic carbocycles. The van der Waals surface area contributed by atoms with Gasteiger partial charge in [-0.05, 0) is 23.8 Å². The average molecular weight is 341 g/mol. The van der Waals surface area contributed by atoms with Gasteiger partial charge in [-0.2, -0.15) is 0 Å². The van der Waals surface area contributed by atoms with Gasteiger partial charge in [0, 0.05) is 17.1 Å². The molecule has 0 fully saturated rings. The zero-order valence-corrected chi connectivity index (χ0v) is 13.3. The van der Waals surface area contributed by atoms with Gasteiger partial charge in [0.15, 0.2) is 0 Å². The quantitative estimate of drug-likeness (QED) is 0.820. The summed E-state index contributed by atoms with van der Waals surface area (Å²) in [5.41, 5.74) is 6.65. The molecule has 0 saturated carbocycles. The molecule has 0 amide bonds. The normalized spacial score (nSPS) is 11.3. The first-order valence-corrected chi connectivity index (χ1v) is 8.30. The van der Waals surface area contributed by atoms with E-state index < -0.39 is 10.0 Å². The highest BCUT2D eigenvalue weighted by Gasteiger charge is 2.18. The number of hydrogen-bond acceptors (Lipinski definition) is 3. The first kappa shape index (κ1) is 15.9. The minimum atomic E-state index is -3.71. The molecular formula is C14H13ClN2O2S2. The van der Waals surface area contributed by atoms with E-state index in [-0.39, 0.29) is 16.4 Å². The predicted molar refractivity (Wildman–Crippen MR) is 87.8 cm³/mol. The molecule has 0 heterocycles. The van der Waals surface area contributed by atoms with Crippen LogP contribution in [0.3, 0.4) is 0 Å². The maximum Gasteiger partial charge on any atom is 0.241 e. The number of nitrogens with one attached hydrogen (secondary N) is 1. The molecule has 0 saturated heterocycles. The van der Waals surface area contributed by atoms with Gasteiger partial charge in [-0.1, -0.05) is 54.2 Å². The molecule has 0 radical (unpaired) electrons. The number of sulfonamides is 1. The van der Waals surface area contributed by atoms with Gasteiger partial charge in [0.05, 0.1) is 4.90 Å². The van der Waals surface area contributed by atoms with E-state index in [1.165, 1.54) is 6.07 Å². The van der Waals surface area contributed by atoms with Crippen molar-refractivity contribution in [2.75, 3.05) is 0 Å². The fourth-order valence-electron chi connectivity index (χ4n) is 1.81. The number of rotatable bonds is 5. The Balaban J connectivity index is 2.25. The SMILES string of the molecule is NC(=S)c1ccccc1S(=O)(=O)NCc1cccc(Cl)c1. The number of benzene rings is 2. The van der Waals surface area contributed by atoms with Crippen LogP contribution in [0.4, 0.5) is 0 Å². The van der Waals surface area contributed by atoms with E-state index in [4.69, 9.17) is 29.6 Å². The van der Waals surface area contributed by atoms with Crippen molar-refractivity contribution in [3.05, 3.63) is 64.7 Å². The monoisotopic (exact) mass is 340 g/mol. The Labute approximate surface area is 134 Å². The largest absolute Gasteiger partial charge is 0.389 e. The first-order chi connectivity index (χ1) is 9.90. The van der Waals surface area contributed by atoms with Crippen molar-refractivity contribution in [2.45, 2.75) is 11.4 Å². The summed E-state index contributed by atoms with van der Waals surface area (Å²) in [5, 5.41) is 0.551. The maximum absolute atomic E-state index is 12.4. The van der Waals surface area contributed by atoms with Gasteiger partial charge in [0.2, 0.25) is 10.0 Å². The minimum absolute atomic E-state index is 0.0405. The van der Waals surface area contributed by atoms with Gasteiger partial charge < -0.3 is 5.73 Å². The van der Waals surface area contributed by atoms with Crippen LogP contribution in [0, 0.1) is 0 Å². The smallest absolute Gasteiger partial charge is 0.241 e. The Morgan fingerprint density at radius 1 is 1.19 bits per heavy atom. The van der Waals surface area contributed by atoms with Crippen molar-refractivity contribution in [3.8, 4) is 0 Å². The molecule has 21 heavy (non-hydrogen) atoms. The summed E-state index contributed by atoms with van der Waals surface area (Å²) in [6.07, 6.45) is 0. The summed E-state index contributed by atoms with van der Waals surface area (Å²) in [4.78, 5) is 0.109. The van der Waals surface area contributed by atoms with Crippen molar-refractivity contribution < 1.29 is 8.42 Å². The third-order valence-electron chi connectivity index (χ3n) is 2.80. The van der Waals surface area contributed by atoms with Crippen LogP contribution in [-0.2, 0) is 16.6 Å². The molecule has 0 spiro atoms. The minimum Gasteiger partial charge on any atom is -0.389 e. The Bertz CT molecular complexity index is 776. The molecule has 2 rings (SSSR count). The second-order valence-corrected chi connectivity index (χ2v) is 6.93. The van der Waals surface area contributed by atoms with E-state index in [2.05, 4.69) is 4.72 Å². The highest BCUT2D eigenvalue weighted by Crippen LogP contribution is 2.16. The number of halogens is 1. The fourth-order valence-corrected chi connectivity index (χ4v) is 3.50. The highest BCUT2D eigenvalue weighted by atomic mass is 35.5. The summed E-state index contributed by atoms with van der Waals surface area (Å²) in [6.45, 7) is 0.133. The van der Waals surface area contributed by atoms with Crippen molar-refractivity contribution in [3.63, 3.8) is 0 Å². The van der Waals surface area contributed by atoms with E-state index >= 15 is 0 Å². The van der Waals surface area contributed by atoms with Gasteiger partial charge in [-0.15, -0.1) is 0 Å². The van der Waals surface area contributed by atoms with Crippen molar-refractivity contribution in [1.82, 2.24) is 4.72 Å². The summed E-state index contributed by atoms with van der Waals surface area (Å²) in [5.74, 6) is 0. The van der Waals surface area contributed by atoms with E-state index in [0.717, 1.165) is 5.56 Å². The van der Waals surface area contributed by atoms with Crippen LogP contribution in [0.15, 0.2) is 53.4 Å². The molecule has 0 aromatic heterocycles. The van der Waals surface area contributed by atoms with Gasteiger partial charge in [0.25, 0.3) is 0 Å². The molecule has 0 aliphatic heterocycles. The van der Waals surface area contributed by atoms with Crippen molar-refractivity contribution in [2.24, 2.45) is 5.73 Å². The molecular weight excluding hydrogens is 328 g/mol. The van der Waals surface area contributed by atoms with Gasteiger partial charge in [-0.25, -0.2) is 13.1 Å². The highest BCUT2D eigenvalue weighted by molar-refractivity contribution is 7.89. The van der Waals surface area contributed by atoms with E-state index in [9.17, 15) is 8.42 Å². The molecule has 110 valence electrons. The van der Waals surface area contributed by atoms with Crippen LogP contribution >= 0.6 is 23.8 Å². The first-order valence-electron chi connectivity index (χ1n) is 6.03. The van der Waals surface area contributed by atoms with Crippen LogP contribution in [-0.4, -0.2) is 13.4 Å². The third kappa shape index (κ3) is 4.01. The summed E-state index contributed by atoms with van der Waals surface area (Å²) >= 11 is 10.7. The third-order valence-corrected chi connectivity index (χ3v) is 4.71. The molecule has 0 unspecified atom stereocenters. The summed E-state index contributed by atoms with van der Waals surface area (Å²) in [7, 11) is -3.71. The Morgan fingerprint density at radius 2 is 1.90 bits per heavy atom. The van der Waals surface area contributed by atoms with E-state index in [1.54, 1.807) is 42.5 Å². The Hall–Kier alpha value is -1.47. The summed E-state index contributed by atoms with van der Waals surface area (Å²) < 4.78 is 27.2. The fraction of sp³-hybridized carbons (Fsp3) is 0.0714. The topological polar surface area (TPSA) is 72.2 Å². The second kappa shape index (κ2) is 6.53. The van der Waals surface area contributed by atoms with Crippen LogP contribution < -0.4 is 10.5 Å². The lowest BCUT2D eigenvalue weighted by Gasteiger charge is -2.10. The molecule has 3 N–H and O–H groups in total. The molecule has 0 aliphatic rings. The number of nitrogens with two attached hydrogens (primary N) is 1. The average Bonchev–Trinajstić information content (AvgIpc) is 2.45. The molecule has 0 aliphatic carbocycles.